The molecule has 0 spiro atoms. The molecule has 3 aromatic rings. The zero-order valence-electron chi connectivity index (χ0n) is 19.0. The van der Waals surface area contributed by atoms with Crippen molar-refractivity contribution >= 4 is 34.8 Å². The van der Waals surface area contributed by atoms with E-state index >= 15 is 0 Å². The molecule has 1 aromatic heterocycles. The maximum atomic E-state index is 13.0. The van der Waals surface area contributed by atoms with Gasteiger partial charge in [0.15, 0.2) is 0 Å². The molecule has 35 heavy (non-hydrogen) atoms. The van der Waals surface area contributed by atoms with Crippen LogP contribution in [0.2, 0.25) is 5.02 Å². The number of nitrogens with one attached hydrogen (secondary N) is 3. The number of hydrogen-bond acceptors (Lipinski definition) is 5. The number of benzene rings is 2. The van der Waals surface area contributed by atoms with E-state index in [2.05, 4.69) is 20.9 Å². The number of ether oxygens (including phenoxy) is 1. The number of likely N-dealkylation sites (N-methyl/N-ethyl adjacent to an activating group) is 1. The molecule has 2 amide bonds. The van der Waals surface area contributed by atoms with E-state index < -0.39 is 28.3 Å². The van der Waals surface area contributed by atoms with Crippen LogP contribution in [-0.2, 0) is 6.18 Å². The minimum atomic E-state index is -4.65. The first-order chi connectivity index (χ1) is 16.4. The highest BCUT2D eigenvalue weighted by molar-refractivity contribution is 6.31. The lowest BCUT2D eigenvalue weighted by atomic mass is 9.96. The van der Waals surface area contributed by atoms with Crippen molar-refractivity contribution in [1.82, 2.24) is 10.3 Å². The van der Waals surface area contributed by atoms with Gasteiger partial charge in [0.05, 0.1) is 16.1 Å². The molecule has 11 heteroatoms. The minimum Gasteiger partial charge on any atom is -0.457 e. The second kappa shape index (κ2) is 10.3. The predicted molar refractivity (Wildman–Crippen MR) is 127 cm³/mol. The second-order valence-electron chi connectivity index (χ2n) is 7.98. The molecule has 0 atom stereocenters. The molecule has 0 aliphatic heterocycles. The summed E-state index contributed by atoms with van der Waals surface area (Å²) < 4.78 is 44.7. The van der Waals surface area contributed by atoms with Crippen molar-refractivity contribution in [2.24, 2.45) is 0 Å². The maximum Gasteiger partial charge on any atom is 0.417 e. The van der Waals surface area contributed by atoms with Crippen molar-refractivity contribution in [2.75, 3.05) is 17.7 Å². The molecule has 2 aromatic carbocycles. The number of amides is 2. The predicted octanol–water partition coefficient (Wildman–Crippen LogP) is 6.37. The van der Waals surface area contributed by atoms with Crippen LogP contribution in [0.15, 0.2) is 60.8 Å². The monoisotopic (exact) mass is 506 g/mol. The van der Waals surface area contributed by atoms with Crippen molar-refractivity contribution < 1.29 is 27.5 Å². The van der Waals surface area contributed by atoms with Gasteiger partial charge in [0, 0.05) is 23.6 Å². The number of ketones is 1. The van der Waals surface area contributed by atoms with Crippen LogP contribution in [0.4, 0.5) is 29.3 Å². The normalized spacial score (nSPS) is 11.6. The molecule has 7 nitrogen and oxygen atoms in total. The second-order valence-corrected chi connectivity index (χ2v) is 8.39. The molecular weight excluding hydrogens is 485 g/mol. The number of nitrogens with zero attached hydrogens (tertiary/aromatic N) is 1. The standard InChI is InChI=1S/C24H22ClF3N4O3/c1-23(2,29-3)21(33)20-13-17(10-11-30-20)35-16-7-4-14(5-8-16)31-22(34)32-15-6-9-19(25)18(12-15)24(26,27)28/h4-13,29H,1-3H3,(H2,31,32,34). The van der Waals surface area contributed by atoms with E-state index in [0.717, 1.165) is 12.1 Å². The van der Waals surface area contributed by atoms with Crippen LogP contribution in [0.5, 0.6) is 11.5 Å². The zero-order chi connectivity index (χ0) is 25.8. The molecule has 3 rings (SSSR count). The van der Waals surface area contributed by atoms with Gasteiger partial charge in [0.1, 0.15) is 17.2 Å². The lowest BCUT2D eigenvalue weighted by Gasteiger charge is -2.21. The van der Waals surface area contributed by atoms with Crippen LogP contribution in [0, 0.1) is 0 Å². The van der Waals surface area contributed by atoms with Gasteiger partial charge in [-0.25, -0.2) is 4.79 Å². The maximum absolute atomic E-state index is 13.0. The summed E-state index contributed by atoms with van der Waals surface area (Å²) in [6.07, 6.45) is -3.18. The van der Waals surface area contributed by atoms with Gasteiger partial charge in [-0.05, 0) is 69.4 Å². The number of rotatable bonds is 7. The number of pyridine rings is 1. The summed E-state index contributed by atoms with van der Waals surface area (Å²) in [4.78, 5) is 28.9. The van der Waals surface area contributed by atoms with Gasteiger partial charge in [-0.1, -0.05) is 11.6 Å². The van der Waals surface area contributed by atoms with E-state index in [-0.39, 0.29) is 17.2 Å². The van der Waals surface area contributed by atoms with Crippen LogP contribution in [0.1, 0.15) is 29.9 Å². The minimum absolute atomic E-state index is 0.0660. The molecule has 0 saturated heterocycles. The fourth-order valence-corrected chi connectivity index (χ4v) is 3.11. The SMILES string of the molecule is CNC(C)(C)C(=O)c1cc(Oc2ccc(NC(=O)Nc3ccc(Cl)c(C(F)(F)F)c3)cc2)ccn1. The van der Waals surface area contributed by atoms with Crippen molar-refractivity contribution in [3.8, 4) is 11.5 Å². The average Bonchev–Trinajstić information content (AvgIpc) is 2.80. The van der Waals surface area contributed by atoms with E-state index in [1.807, 2.05) is 0 Å². The summed E-state index contributed by atoms with van der Waals surface area (Å²) >= 11 is 5.59. The molecule has 3 N–H and O–H groups in total. The van der Waals surface area contributed by atoms with Crippen LogP contribution >= 0.6 is 11.6 Å². The first-order valence-electron chi connectivity index (χ1n) is 10.3. The highest BCUT2D eigenvalue weighted by atomic mass is 35.5. The number of alkyl halides is 3. The van der Waals surface area contributed by atoms with E-state index in [4.69, 9.17) is 16.3 Å². The van der Waals surface area contributed by atoms with Crippen LogP contribution in [0.3, 0.4) is 0 Å². The lowest BCUT2D eigenvalue weighted by molar-refractivity contribution is -0.137. The molecule has 0 aliphatic rings. The summed E-state index contributed by atoms with van der Waals surface area (Å²) in [6.45, 7) is 3.49. The molecule has 0 bridgehead atoms. The van der Waals surface area contributed by atoms with Crippen molar-refractivity contribution in [1.29, 1.82) is 0 Å². The summed E-state index contributed by atoms with van der Waals surface area (Å²) in [5.41, 5.74) is -1.29. The number of Topliss-reactive ketones (excluding diaryl/α,β-unsaturated/α-hetero) is 1. The van der Waals surface area contributed by atoms with Crippen LogP contribution < -0.4 is 20.7 Å². The smallest absolute Gasteiger partial charge is 0.417 e. The number of urea groups is 1. The summed E-state index contributed by atoms with van der Waals surface area (Å²) in [5.74, 6) is 0.636. The average molecular weight is 507 g/mol. The molecular formula is C24H22ClF3N4O3. The third-order valence-electron chi connectivity index (χ3n) is 5.03. The molecule has 0 saturated carbocycles. The van der Waals surface area contributed by atoms with Crippen molar-refractivity contribution in [2.45, 2.75) is 25.6 Å². The Bertz CT molecular complexity index is 1230. The summed E-state index contributed by atoms with van der Waals surface area (Å²) in [7, 11) is 1.68. The van der Waals surface area contributed by atoms with E-state index in [9.17, 15) is 22.8 Å². The molecule has 1 heterocycles. The Labute approximate surface area is 204 Å². The number of halogens is 4. The fraction of sp³-hybridized carbons (Fsp3) is 0.208. The van der Waals surface area contributed by atoms with Gasteiger partial charge in [-0.2, -0.15) is 13.2 Å². The first-order valence-corrected chi connectivity index (χ1v) is 10.7. The number of aromatic nitrogens is 1. The Morgan fingerprint density at radius 3 is 2.17 bits per heavy atom. The van der Waals surface area contributed by atoms with Gasteiger partial charge in [0.2, 0.25) is 5.78 Å². The first kappa shape index (κ1) is 26.0. The highest BCUT2D eigenvalue weighted by Gasteiger charge is 2.33. The Hall–Kier alpha value is -3.63. The van der Waals surface area contributed by atoms with Gasteiger partial charge in [-0.15, -0.1) is 0 Å². The Morgan fingerprint density at radius 2 is 1.54 bits per heavy atom. The number of carbonyl (C=O) groups excluding carboxylic acids is 2. The van der Waals surface area contributed by atoms with Gasteiger partial charge >= 0.3 is 12.2 Å². The van der Waals surface area contributed by atoms with E-state index in [1.54, 1.807) is 51.2 Å². The highest BCUT2D eigenvalue weighted by Crippen LogP contribution is 2.36. The Kier molecular flexibility index (Phi) is 7.67. The van der Waals surface area contributed by atoms with Gasteiger partial charge < -0.3 is 20.7 Å². The largest absolute Gasteiger partial charge is 0.457 e. The molecule has 0 radical (unpaired) electrons. The van der Waals surface area contributed by atoms with Crippen LogP contribution in [-0.4, -0.2) is 29.4 Å². The van der Waals surface area contributed by atoms with Crippen molar-refractivity contribution in [3.05, 3.63) is 77.1 Å². The zero-order valence-corrected chi connectivity index (χ0v) is 19.7. The van der Waals surface area contributed by atoms with Crippen molar-refractivity contribution in [3.63, 3.8) is 0 Å². The number of anilines is 2. The molecule has 0 unspecified atom stereocenters. The van der Waals surface area contributed by atoms with Gasteiger partial charge in [0.25, 0.3) is 0 Å². The topological polar surface area (TPSA) is 92.4 Å². The third-order valence-corrected chi connectivity index (χ3v) is 5.36. The lowest BCUT2D eigenvalue weighted by Crippen LogP contribution is -2.44. The Morgan fingerprint density at radius 1 is 0.914 bits per heavy atom. The fourth-order valence-electron chi connectivity index (χ4n) is 2.89. The summed E-state index contributed by atoms with van der Waals surface area (Å²) in [6, 6.07) is 11.7. The summed E-state index contributed by atoms with van der Waals surface area (Å²) in [5, 5.41) is 7.32. The molecule has 184 valence electrons. The number of carbonyl (C=O) groups is 2. The Balaban J connectivity index is 1.64. The molecule has 0 aliphatic carbocycles. The van der Waals surface area contributed by atoms with Crippen LogP contribution in [0.25, 0.3) is 0 Å². The molecule has 0 fully saturated rings. The quantitative estimate of drug-likeness (QED) is 0.324. The number of hydrogen-bond donors (Lipinski definition) is 3. The third kappa shape index (κ3) is 6.71. The van der Waals surface area contributed by atoms with Gasteiger partial charge in [-0.3, -0.25) is 9.78 Å². The van der Waals surface area contributed by atoms with E-state index in [1.165, 1.54) is 18.3 Å². The van der Waals surface area contributed by atoms with E-state index in [0.29, 0.717) is 17.2 Å².